The minimum Gasteiger partial charge on any atom is -0.508 e. The molecule has 66 heavy (non-hydrogen) atoms. The zero-order valence-electron chi connectivity index (χ0n) is 35.5. The monoisotopic (exact) mass is 958 g/mol. The number of carbonyl (C=O) groups is 3. The van der Waals surface area contributed by atoms with Crippen LogP contribution < -0.4 is 26.2 Å². The van der Waals surface area contributed by atoms with Gasteiger partial charge in [0.2, 0.25) is 10.9 Å². The quantitative estimate of drug-likeness (QED) is 0.0457. The van der Waals surface area contributed by atoms with E-state index >= 15 is 0 Å². The first-order valence-electron chi connectivity index (χ1n) is 20.9. The van der Waals surface area contributed by atoms with E-state index in [1.807, 2.05) is 18.1 Å². The minimum absolute atomic E-state index is 0. The molecule has 2 saturated carbocycles. The van der Waals surface area contributed by atoms with Crippen LogP contribution in [-0.4, -0.2) is 63.6 Å². The van der Waals surface area contributed by atoms with Crippen LogP contribution in [0.25, 0.3) is 21.8 Å². The van der Waals surface area contributed by atoms with Crippen LogP contribution in [0.5, 0.6) is 11.5 Å². The Hall–Kier alpha value is -7.17. The average Bonchev–Trinajstić information content (AvgIpc) is 4.07. The second-order valence-corrected chi connectivity index (χ2v) is 16.1. The van der Waals surface area contributed by atoms with Crippen molar-refractivity contribution in [2.24, 2.45) is 0 Å². The lowest BCUT2D eigenvalue weighted by molar-refractivity contribution is 0.101. The highest BCUT2D eigenvalue weighted by molar-refractivity contribution is 9.10. The molecule has 0 unspecified atom stereocenters. The van der Waals surface area contributed by atoms with Crippen molar-refractivity contribution in [1.29, 1.82) is 0 Å². The van der Waals surface area contributed by atoms with Crippen molar-refractivity contribution >= 4 is 67.1 Å². The third kappa shape index (κ3) is 11.9. The van der Waals surface area contributed by atoms with E-state index in [2.05, 4.69) is 59.5 Å². The van der Waals surface area contributed by atoms with Gasteiger partial charge in [-0.15, -0.1) is 6.42 Å². The van der Waals surface area contributed by atoms with Crippen molar-refractivity contribution in [3.63, 3.8) is 0 Å². The Morgan fingerprint density at radius 3 is 1.76 bits per heavy atom. The molecular weight excluding hydrogens is 908 g/mol. The number of terminal acetylenes is 1. The summed E-state index contributed by atoms with van der Waals surface area (Å²) >= 11 is 3.50. The summed E-state index contributed by atoms with van der Waals surface area (Å²) in [6, 6.07) is 20.6. The predicted octanol–water partition coefficient (Wildman–Crippen LogP) is 9.08. The number of phenolic OH excluding ortho intramolecular Hbond substituents is 1. The Kier molecular flexibility index (Phi) is 17.9. The van der Waals surface area contributed by atoms with Crippen LogP contribution in [0.1, 0.15) is 108 Å². The van der Waals surface area contributed by atoms with E-state index in [0.29, 0.717) is 49.0 Å². The van der Waals surface area contributed by atoms with Crippen LogP contribution >= 0.6 is 15.9 Å². The van der Waals surface area contributed by atoms with Gasteiger partial charge in [-0.2, -0.15) is 0 Å². The lowest BCUT2D eigenvalue weighted by Gasteiger charge is -2.18. The van der Waals surface area contributed by atoms with Gasteiger partial charge in [0.15, 0.2) is 0 Å². The highest BCUT2D eigenvalue weighted by atomic mass is 79.9. The SMILES string of the molecule is C.C#CCO.COC(=O)Oc1cc(NC(=O)c2c[nH]c3ccccc3c2=O)c(Br)cc1C1CCCC1.O=C(Nc1cc(O)c(C2CCCC2)cc1C#CCO)c1c[nH]c2ccccc2c1=O. The van der Waals surface area contributed by atoms with E-state index in [0.717, 1.165) is 62.5 Å². The summed E-state index contributed by atoms with van der Waals surface area (Å²) < 4.78 is 10.6. The van der Waals surface area contributed by atoms with Gasteiger partial charge in [0.25, 0.3) is 11.8 Å². The first kappa shape index (κ1) is 49.8. The van der Waals surface area contributed by atoms with Crippen molar-refractivity contribution in [2.45, 2.75) is 70.6 Å². The van der Waals surface area contributed by atoms with Crippen molar-refractivity contribution in [1.82, 2.24) is 9.97 Å². The molecule has 7 N–H and O–H groups in total. The van der Waals surface area contributed by atoms with Gasteiger partial charge in [0.1, 0.15) is 35.8 Å². The van der Waals surface area contributed by atoms with Crippen LogP contribution in [0.4, 0.5) is 16.2 Å². The van der Waals surface area contributed by atoms with Crippen LogP contribution in [0.15, 0.2) is 99.3 Å². The van der Waals surface area contributed by atoms with Crippen LogP contribution in [0, 0.1) is 24.2 Å². The number of halogens is 1. The van der Waals surface area contributed by atoms with Gasteiger partial charge in [-0.1, -0.05) is 75.1 Å². The summed E-state index contributed by atoms with van der Waals surface area (Å²) in [4.78, 5) is 68.9. The van der Waals surface area contributed by atoms with Gasteiger partial charge >= 0.3 is 6.16 Å². The van der Waals surface area contributed by atoms with Crippen molar-refractivity contribution in [2.75, 3.05) is 31.0 Å². The number of pyridine rings is 2. The topological polar surface area (TPSA) is 220 Å². The maximum atomic E-state index is 12.9. The normalized spacial score (nSPS) is 13.1. The maximum Gasteiger partial charge on any atom is 0.513 e. The van der Waals surface area contributed by atoms with E-state index in [-0.39, 0.29) is 60.2 Å². The van der Waals surface area contributed by atoms with E-state index in [1.165, 1.54) is 25.6 Å². The van der Waals surface area contributed by atoms with E-state index in [1.54, 1.807) is 54.6 Å². The highest BCUT2D eigenvalue weighted by Crippen LogP contribution is 2.43. The molecule has 0 bridgehead atoms. The molecule has 2 aliphatic carbocycles. The molecule has 8 rings (SSSR count). The van der Waals surface area contributed by atoms with Crippen molar-refractivity contribution < 1.29 is 39.2 Å². The number of aliphatic hydroxyl groups excluding tert-OH is 2. The summed E-state index contributed by atoms with van der Waals surface area (Å²) in [6.07, 6.45) is 14.9. The molecule has 6 aromatic rings. The number of aliphatic hydroxyl groups is 2. The molecule has 0 radical (unpaired) electrons. The molecule has 342 valence electrons. The van der Waals surface area contributed by atoms with Gasteiger partial charge < -0.3 is 45.4 Å². The highest BCUT2D eigenvalue weighted by Gasteiger charge is 2.26. The molecule has 0 spiro atoms. The number of amides is 2. The molecule has 2 amide bonds. The summed E-state index contributed by atoms with van der Waals surface area (Å²) in [5, 5.41) is 33.6. The minimum atomic E-state index is -0.829. The second kappa shape index (κ2) is 23.7. The molecule has 2 fully saturated rings. The molecule has 0 atom stereocenters. The standard InChI is InChI=1S/C24H22N2O4.C23H21BrN2O5.C3H4O.CH4/c27-11-5-8-16-12-18(15-6-1-2-7-15)22(28)13-21(16)26-24(30)19-14-25-20-10-4-3-9-17(20)23(19)29;1-30-23(29)31-20-11-19(17(24)10-15(20)13-6-2-3-7-13)26-22(28)16-12-25-18-9-5-4-8-14(18)21(16)27;1-2-3-4;/h3-4,9-10,12-15,27-28H,1-2,6-7,11H2,(H,25,29)(H,26,30);4-5,8-13H,2-3,6-7H2,1H3,(H,25,27)(H,26,28);1,4H,3H2;1H4. The predicted molar refractivity (Wildman–Crippen MR) is 259 cm³/mol. The van der Waals surface area contributed by atoms with Crippen LogP contribution in [0.2, 0.25) is 0 Å². The van der Waals surface area contributed by atoms with Gasteiger partial charge in [0.05, 0.1) is 18.5 Å². The van der Waals surface area contributed by atoms with E-state index in [9.17, 15) is 29.1 Å². The molecular formula is C51H51BrN4O10. The molecule has 2 aromatic heterocycles. The molecule has 15 heteroatoms. The Morgan fingerprint density at radius 1 is 0.758 bits per heavy atom. The number of hydrogen-bond donors (Lipinski definition) is 7. The number of aromatic amines is 2. The van der Waals surface area contributed by atoms with Crippen molar-refractivity contribution in [3.05, 3.63) is 138 Å². The number of fused-ring (bicyclic) bond motifs is 2. The first-order chi connectivity index (χ1) is 31.5. The number of H-pyrrole nitrogens is 2. The van der Waals surface area contributed by atoms with Gasteiger partial charge in [-0.05, 0) is 101 Å². The fraction of sp³-hybridized carbons (Fsp3) is 0.275. The molecule has 2 aliphatic rings. The zero-order valence-corrected chi connectivity index (χ0v) is 37.0. The summed E-state index contributed by atoms with van der Waals surface area (Å²) in [7, 11) is 1.24. The fourth-order valence-electron chi connectivity index (χ4n) is 8.00. The number of ether oxygens (including phenoxy) is 2. The Balaban J connectivity index is 0.000000226. The third-order valence-electron chi connectivity index (χ3n) is 11.2. The Bertz CT molecular complexity index is 2950. The third-order valence-corrected chi connectivity index (χ3v) is 11.8. The number of hydrogen-bond acceptors (Lipinski definition) is 10. The number of nitrogens with one attached hydrogen (secondary N) is 4. The fourth-order valence-corrected chi connectivity index (χ4v) is 8.46. The van der Waals surface area contributed by atoms with E-state index in [4.69, 9.17) is 14.9 Å². The molecule has 14 nitrogen and oxygen atoms in total. The Labute approximate surface area is 389 Å². The van der Waals surface area contributed by atoms with Crippen LogP contribution in [-0.2, 0) is 4.74 Å². The Morgan fingerprint density at radius 2 is 1.26 bits per heavy atom. The summed E-state index contributed by atoms with van der Waals surface area (Å²) in [6.45, 7) is -0.475. The molecule has 4 aromatic carbocycles. The van der Waals surface area contributed by atoms with Gasteiger partial charge in [-0.25, -0.2) is 4.79 Å². The van der Waals surface area contributed by atoms with Crippen LogP contribution in [0.3, 0.4) is 0 Å². The number of carbonyl (C=O) groups excluding carboxylic acids is 3. The molecule has 0 aliphatic heterocycles. The average molecular weight is 960 g/mol. The number of benzene rings is 4. The smallest absolute Gasteiger partial charge is 0.508 e. The van der Waals surface area contributed by atoms with Gasteiger partial charge in [0, 0.05) is 56.4 Å². The number of para-hydroxylation sites is 2. The lowest BCUT2D eigenvalue weighted by Crippen LogP contribution is -2.22. The summed E-state index contributed by atoms with van der Waals surface area (Å²) in [5.74, 6) is 7.22. The summed E-state index contributed by atoms with van der Waals surface area (Å²) in [5.41, 5.74) is 3.38. The number of phenols is 1. The second-order valence-electron chi connectivity index (χ2n) is 15.2. The van der Waals surface area contributed by atoms with Crippen molar-refractivity contribution in [3.8, 4) is 35.7 Å². The number of methoxy groups -OCH3 is 1. The number of aromatic hydroxyl groups is 1. The maximum absolute atomic E-state index is 12.9. The molecule has 0 saturated heterocycles. The number of rotatable bonds is 7. The first-order valence-corrected chi connectivity index (χ1v) is 21.7. The zero-order chi connectivity index (χ0) is 46.5. The molecule has 2 heterocycles. The number of anilines is 2. The lowest BCUT2D eigenvalue weighted by atomic mass is 9.94. The van der Waals surface area contributed by atoms with E-state index < -0.39 is 18.0 Å². The number of aromatic nitrogens is 2. The largest absolute Gasteiger partial charge is 0.513 e. The van der Waals surface area contributed by atoms with Gasteiger partial charge in [-0.3, -0.25) is 19.2 Å².